The molecule has 0 aliphatic rings. The van der Waals surface area contributed by atoms with E-state index in [9.17, 15) is 15.8 Å². The standard InChI is InChI=1S/C29H24N4S2/c1-18(2)21-7-5-8-22(19(3)4)29(21)33-24(27-9-6-14-34-27)10-11-25(33)28-13-12-26(35-28)23(17-32)20(15-30)16-31/h5-14,18-19H,1-4H3. The third kappa shape index (κ3) is 4.45. The molecule has 4 aromatic rings. The molecule has 0 fully saturated rings. The number of hydrogen-bond acceptors (Lipinski definition) is 5. The molecule has 0 radical (unpaired) electrons. The van der Waals surface area contributed by atoms with Gasteiger partial charge in [-0.3, -0.25) is 0 Å². The molecule has 0 atom stereocenters. The van der Waals surface area contributed by atoms with Gasteiger partial charge in [-0.05, 0) is 58.7 Å². The Labute approximate surface area is 214 Å². The lowest BCUT2D eigenvalue weighted by Crippen LogP contribution is -2.09. The van der Waals surface area contributed by atoms with Crippen LogP contribution in [0.2, 0.25) is 0 Å². The Morgan fingerprint density at radius 2 is 1.37 bits per heavy atom. The zero-order valence-electron chi connectivity index (χ0n) is 20.0. The van der Waals surface area contributed by atoms with Crippen LogP contribution in [0.3, 0.4) is 0 Å². The molecular weight excluding hydrogens is 468 g/mol. The van der Waals surface area contributed by atoms with Crippen LogP contribution in [0, 0.1) is 34.0 Å². The van der Waals surface area contributed by atoms with Crippen molar-refractivity contribution in [3.05, 3.63) is 81.6 Å². The van der Waals surface area contributed by atoms with E-state index in [1.165, 1.54) is 33.0 Å². The Morgan fingerprint density at radius 1 is 0.743 bits per heavy atom. The van der Waals surface area contributed by atoms with Crippen molar-refractivity contribution in [3.8, 4) is 45.0 Å². The van der Waals surface area contributed by atoms with Gasteiger partial charge in [0.1, 0.15) is 23.8 Å². The normalized spacial score (nSPS) is 10.7. The summed E-state index contributed by atoms with van der Waals surface area (Å²) in [6.45, 7) is 8.87. The van der Waals surface area contributed by atoms with Crippen molar-refractivity contribution in [2.45, 2.75) is 39.5 Å². The maximum absolute atomic E-state index is 9.64. The van der Waals surface area contributed by atoms with Crippen molar-refractivity contribution >= 4 is 28.2 Å². The van der Waals surface area contributed by atoms with Crippen molar-refractivity contribution in [1.29, 1.82) is 15.8 Å². The second-order valence-electron chi connectivity index (χ2n) is 8.76. The van der Waals surface area contributed by atoms with Gasteiger partial charge >= 0.3 is 0 Å². The van der Waals surface area contributed by atoms with Gasteiger partial charge in [-0.25, -0.2) is 0 Å². The molecule has 4 nitrogen and oxygen atoms in total. The second-order valence-corrected chi connectivity index (χ2v) is 10.8. The van der Waals surface area contributed by atoms with E-state index in [1.807, 2.05) is 30.3 Å². The molecule has 0 saturated carbocycles. The molecule has 0 amide bonds. The van der Waals surface area contributed by atoms with E-state index in [1.54, 1.807) is 11.3 Å². The SMILES string of the molecule is CC(C)c1cccc(C(C)C)c1-n1c(-c2cccs2)ccc1-c1ccc(C(C#N)=C(C#N)C#N)s1. The smallest absolute Gasteiger partial charge is 0.148 e. The lowest BCUT2D eigenvalue weighted by molar-refractivity contribution is 0.809. The molecule has 3 aromatic heterocycles. The third-order valence-electron chi connectivity index (χ3n) is 5.91. The number of aromatic nitrogens is 1. The minimum Gasteiger partial charge on any atom is -0.307 e. The van der Waals surface area contributed by atoms with Crippen molar-refractivity contribution in [1.82, 2.24) is 4.57 Å². The Bertz CT molecular complexity index is 1480. The van der Waals surface area contributed by atoms with Gasteiger partial charge in [0.25, 0.3) is 0 Å². The highest BCUT2D eigenvalue weighted by Gasteiger charge is 2.23. The average Bonchev–Trinajstić information content (AvgIpc) is 3.61. The van der Waals surface area contributed by atoms with Crippen LogP contribution in [-0.4, -0.2) is 4.57 Å². The van der Waals surface area contributed by atoms with Crippen LogP contribution in [0.4, 0.5) is 0 Å². The van der Waals surface area contributed by atoms with Crippen molar-refractivity contribution in [3.63, 3.8) is 0 Å². The van der Waals surface area contributed by atoms with Gasteiger partial charge in [-0.15, -0.1) is 22.7 Å². The number of para-hydroxylation sites is 1. The first kappa shape index (κ1) is 24.2. The van der Waals surface area contributed by atoms with Gasteiger partial charge in [0.15, 0.2) is 0 Å². The zero-order valence-corrected chi connectivity index (χ0v) is 21.7. The van der Waals surface area contributed by atoms with Gasteiger partial charge in [0.2, 0.25) is 0 Å². The zero-order chi connectivity index (χ0) is 25.1. The largest absolute Gasteiger partial charge is 0.307 e. The van der Waals surface area contributed by atoms with Crippen LogP contribution < -0.4 is 0 Å². The second kappa shape index (κ2) is 10.2. The fourth-order valence-electron chi connectivity index (χ4n) is 4.24. The van der Waals surface area contributed by atoms with Gasteiger partial charge in [0.05, 0.1) is 32.4 Å². The molecule has 0 N–H and O–H groups in total. The van der Waals surface area contributed by atoms with E-state index >= 15 is 0 Å². The number of rotatable bonds is 6. The highest BCUT2D eigenvalue weighted by Crippen LogP contribution is 2.42. The number of allylic oxidation sites excluding steroid dienone is 2. The first-order valence-corrected chi connectivity index (χ1v) is 13.0. The van der Waals surface area contributed by atoms with E-state index < -0.39 is 0 Å². The number of benzene rings is 1. The number of nitrogens with zero attached hydrogens (tertiary/aromatic N) is 4. The van der Waals surface area contributed by atoms with E-state index in [-0.39, 0.29) is 11.1 Å². The van der Waals surface area contributed by atoms with Crippen LogP contribution in [0.25, 0.3) is 32.4 Å². The highest BCUT2D eigenvalue weighted by molar-refractivity contribution is 7.16. The minimum atomic E-state index is -0.164. The first-order chi connectivity index (χ1) is 16.9. The average molecular weight is 493 g/mol. The van der Waals surface area contributed by atoms with Crippen molar-refractivity contribution in [2.75, 3.05) is 0 Å². The van der Waals surface area contributed by atoms with E-state index in [4.69, 9.17) is 0 Å². The van der Waals surface area contributed by atoms with Crippen LogP contribution >= 0.6 is 22.7 Å². The van der Waals surface area contributed by atoms with Crippen LogP contribution in [0.1, 0.15) is 55.5 Å². The summed E-state index contributed by atoms with van der Waals surface area (Å²) < 4.78 is 2.34. The Morgan fingerprint density at radius 3 is 1.89 bits per heavy atom. The van der Waals surface area contributed by atoms with Gasteiger partial charge < -0.3 is 4.57 Å². The van der Waals surface area contributed by atoms with Crippen molar-refractivity contribution in [2.24, 2.45) is 0 Å². The Hall–Kier alpha value is -3.89. The summed E-state index contributed by atoms with van der Waals surface area (Å²) in [4.78, 5) is 2.77. The molecule has 0 spiro atoms. The topological polar surface area (TPSA) is 76.3 Å². The molecule has 35 heavy (non-hydrogen) atoms. The summed E-state index contributed by atoms with van der Waals surface area (Å²) in [5.74, 6) is 0.659. The maximum atomic E-state index is 9.64. The molecule has 0 aliphatic carbocycles. The number of nitriles is 3. The molecule has 4 rings (SSSR count). The van der Waals surface area contributed by atoms with Crippen LogP contribution in [0.15, 0.2) is 65.6 Å². The summed E-state index contributed by atoms with van der Waals surface area (Å²) in [6, 6.07) is 24.6. The predicted octanol–water partition coefficient (Wildman–Crippen LogP) is 8.51. The van der Waals surface area contributed by atoms with Crippen molar-refractivity contribution < 1.29 is 0 Å². The maximum Gasteiger partial charge on any atom is 0.148 e. The Balaban J connectivity index is 2.03. The molecule has 1 aromatic carbocycles. The molecule has 0 saturated heterocycles. The molecule has 172 valence electrons. The summed E-state index contributed by atoms with van der Waals surface area (Å²) >= 11 is 3.13. The van der Waals surface area contributed by atoms with E-state index in [0.29, 0.717) is 16.7 Å². The van der Waals surface area contributed by atoms with Gasteiger partial charge in [-0.1, -0.05) is 52.0 Å². The Kier molecular flexibility index (Phi) is 7.04. The predicted molar refractivity (Wildman–Crippen MR) is 144 cm³/mol. The quantitative estimate of drug-likeness (QED) is 0.253. The minimum absolute atomic E-state index is 0.119. The highest BCUT2D eigenvalue weighted by atomic mass is 32.1. The fourth-order valence-corrected chi connectivity index (χ4v) is 6.00. The first-order valence-electron chi connectivity index (χ1n) is 11.3. The summed E-state index contributed by atoms with van der Waals surface area (Å²) in [7, 11) is 0. The molecule has 6 heteroatoms. The monoisotopic (exact) mass is 492 g/mol. The lowest BCUT2D eigenvalue weighted by atomic mass is 9.92. The fraction of sp³-hybridized carbons (Fsp3) is 0.207. The van der Waals surface area contributed by atoms with E-state index in [0.717, 1.165) is 16.3 Å². The molecular formula is C29H24N4S2. The third-order valence-corrected chi connectivity index (χ3v) is 7.93. The number of thiophene rings is 2. The molecule has 3 heterocycles. The molecule has 0 aliphatic heterocycles. The lowest BCUT2D eigenvalue weighted by Gasteiger charge is -2.24. The number of hydrogen-bond donors (Lipinski definition) is 0. The van der Waals surface area contributed by atoms with Crippen LogP contribution in [-0.2, 0) is 0 Å². The van der Waals surface area contributed by atoms with Gasteiger partial charge in [0, 0.05) is 4.88 Å². The summed E-state index contributed by atoms with van der Waals surface area (Å²) in [5.41, 5.74) is 5.84. The van der Waals surface area contributed by atoms with E-state index in [2.05, 4.69) is 80.1 Å². The molecule has 0 bridgehead atoms. The molecule has 0 unspecified atom stereocenters. The summed E-state index contributed by atoms with van der Waals surface area (Å²) in [6.07, 6.45) is 0. The van der Waals surface area contributed by atoms with Crippen LogP contribution in [0.5, 0.6) is 0 Å². The summed E-state index contributed by atoms with van der Waals surface area (Å²) in [5, 5.41) is 30.3. The van der Waals surface area contributed by atoms with Gasteiger partial charge in [-0.2, -0.15) is 15.8 Å².